The zero-order chi connectivity index (χ0) is 22.0. The number of halogens is 1. The standard InChI is InChI=1S/C25H30ClN3O2/c1-4-28-16-19(15-23(28)30)25-27-21-9-5-6-10-22(21)29(25)11-7-8-12-31-20-13-17(2)24(26)18(3)14-20/h5-6,9-10,13-14,19H,4,7-8,11-12,15-16H2,1-3H3. The molecule has 2 aromatic carbocycles. The van der Waals surface area contributed by atoms with E-state index in [4.69, 9.17) is 21.3 Å². The number of unbranched alkanes of at least 4 members (excludes halogenated alkanes) is 1. The SMILES string of the molecule is CCN1CC(c2nc3ccccc3n2CCCCOc2cc(C)c(Cl)c(C)c2)CC1=O. The number of amides is 1. The number of aromatic nitrogens is 2. The Hall–Kier alpha value is -2.53. The van der Waals surface area contributed by atoms with Gasteiger partial charge in [-0.2, -0.15) is 0 Å². The molecular formula is C25H30ClN3O2. The first-order valence-electron chi connectivity index (χ1n) is 11.1. The number of hydrogen-bond acceptors (Lipinski definition) is 3. The van der Waals surface area contributed by atoms with Crippen LogP contribution in [0.1, 0.15) is 49.1 Å². The highest BCUT2D eigenvalue weighted by molar-refractivity contribution is 6.32. The number of aryl methyl sites for hydroxylation is 3. The molecule has 1 aliphatic heterocycles. The van der Waals surface area contributed by atoms with Crippen molar-refractivity contribution < 1.29 is 9.53 Å². The van der Waals surface area contributed by atoms with Crippen LogP contribution in [0.4, 0.5) is 0 Å². The van der Waals surface area contributed by atoms with Crippen LogP contribution in [0.2, 0.25) is 5.02 Å². The lowest BCUT2D eigenvalue weighted by atomic mass is 10.1. The van der Waals surface area contributed by atoms with Crippen molar-refractivity contribution in [3.63, 3.8) is 0 Å². The van der Waals surface area contributed by atoms with Gasteiger partial charge in [0.25, 0.3) is 0 Å². The minimum Gasteiger partial charge on any atom is -0.494 e. The zero-order valence-corrected chi connectivity index (χ0v) is 19.3. The Labute approximate surface area is 189 Å². The molecule has 1 atom stereocenters. The molecule has 3 aromatic rings. The molecule has 6 heteroatoms. The van der Waals surface area contributed by atoms with Gasteiger partial charge in [-0.1, -0.05) is 23.7 Å². The molecule has 1 aromatic heterocycles. The lowest BCUT2D eigenvalue weighted by Gasteiger charge is -2.15. The molecule has 1 aliphatic rings. The molecular weight excluding hydrogens is 410 g/mol. The Kier molecular flexibility index (Phi) is 6.51. The number of rotatable bonds is 8. The molecule has 0 spiro atoms. The Morgan fingerprint density at radius 2 is 1.90 bits per heavy atom. The van der Waals surface area contributed by atoms with Crippen molar-refractivity contribution in [3.05, 3.63) is 58.4 Å². The summed E-state index contributed by atoms with van der Waals surface area (Å²) in [5.41, 5.74) is 4.23. The lowest BCUT2D eigenvalue weighted by molar-refractivity contribution is -0.127. The van der Waals surface area contributed by atoms with Gasteiger partial charge in [-0.15, -0.1) is 0 Å². The van der Waals surface area contributed by atoms with Crippen molar-refractivity contribution in [3.8, 4) is 5.75 Å². The molecule has 31 heavy (non-hydrogen) atoms. The smallest absolute Gasteiger partial charge is 0.223 e. The molecule has 1 unspecified atom stereocenters. The van der Waals surface area contributed by atoms with E-state index in [1.54, 1.807) is 0 Å². The highest BCUT2D eigenvalue weighted by Gasteiger charge is 2.32. The predicted octanol–water partition coefficient (Wildman–Crippen LogP) is 5.50. The highest BCUT2D eigenvalue weighted by Crippen LogP contribution is 2.31. The largest absolute Gasteiger partial charge is 0.494 e. The molecule has 2 heterocycles. The van der Waals surface area contributed by atoms with Crippen molar-refractivity contribution in [2.75, 3.05) is 19.7 Å². The molecule has 0 aliphatic carbocycles. The number of benzene rings is 2. The number of para-hydroxylation sites is 2. The van der Waals surface area contributed by atoms with Crippen molar-refractivity contribution in [1.82, 2.24) is 14.5 Å². The van der Waals surface area contributed by atoms with Crippen molar-refractivity contribution in [2.24, 2.45) is 0 Å². The second-order valence-corrected chi connectivity index (χ2v) is 8.75. The fourth-order valence-electron chi connectivity index (χ4n) is 4.44. The highest BCUT2D eigenvalue weighted by atomic mass is 35.5. The van der Waals surface area contributed by atoms with Crippen LogP contribution in [-0.4, -0.2) is 40.1 Å². The molecule has 4 rings (SSSR count). The Balaban J connectivity index is 1.42. The topological polar surface area (TPSA) is 47.4 Å². The second kappa shape index (κ2) is 9.31. The number of carbonyl (C=O) groups excluding carboxylic acids is 1. The van der Waals surface area contributed by atoms with Gasteiger partial charge in [-0.05, 0) is 69.0 Å². The van der Waals surface area contributed by atoms with Crippen LogP contribution < -0.4 is 4.74 Å². The van der Waals surface area contributed by atoms with Gasteiger partial charge in [0.1, 0.15) is 11.6 Å². The number of nitrogens with zero attached hydrogens (tertiary/aromatic N) is 3. The predicted molar refractivity (Wildman–Crippen MR) is 125 cm³/mol. The molecule has 0 N–H and O–H groups in total. The van der Waals surface area contributed by atoms with E-state index < -0.39 is 0 Å². The summed E-state index contributed by atoms with van der Waals surface area (Å²) in [6.07, 6.45) is 2.48. The lowest BCUT2D eigenvalue weighted by Crippen LogP contribution is -2.24. The van der Waals surface area contributed by atoms with E-state index in [0.717, 1.165) is 71.2 Å². The van der Waals surface area contributed by atoms with Crippen LogP contribution in [0.5, 0.6) is 5.75 Å². The Morgan fingerprint density at radius 1 is 1.16 bits per heavy atom. The van der Waals surface area contributed by atoms with E-state index in [-0.39, 0.29) is 11.8 Å². The fraction of sp³-hybridized carbons (Fsp3) is 0.440. The number of carbonyl (C=O) groups is 1. The van der Waals surface area contributed by atoms with E-state index in [1.807, 2.05) is 43.9 Å². The molecule has 0 radical (unpaired) electrons. The molecule has 0 saturated carbocycles. The van der Waals surface area contributed by atoms with Gasteiger partial charge in [0.05, 0.1) is 17.6 Å². The molecule has 164 valence electrons. The van der Waals surface area contributed by atoms with Gasteiger partial charge >= 0.3 is 0 Å². The summed E-state index contributed by atoms with van der Waals surface area (Å²) in [5, 5.41) is 0.805. The van der Waals surface area contributed by atoms with Gasteiger partial charge in [0.15, 0.2) is 0 Å². The van der Waals surface area contributed by atoms with E-state index in [2.05, 4.69) is 22.8 Å². The summed E-state index contributed by atoms with van der Waals surface area (Å²) in [6, 6.07) is 12.2. The molecule has 1 saturated heterocycles. The van der Waals surface area contributed by atoms with Crippen LogP contribution in [0.3, 0.4) is 0 Å². The summed E-state index contributed by atoms with van der Waals surface area (Å²) in [4.78, 5) is 19.1. The number of imidazole rings is 1. The van der Waals surface area contributed by atoms with Crippen LogP contribution in [0.25, 0.3) is 11.0 Å². The normalized spacial score (nSPS) is 16.5. The van der Waals surface area contributed by atoms with Gasteiger partial charge in [-0.3, -0.25) is 4.79 Å². The van der Waals surface area contributed by atoms with Gasteiger partial charge in [-0.25, -0.2) is 4.98 Å². The third-order valence-corrected chi connectivity index (χ3v) is 6.70. The quantitative estimate of drug-likeness (QED) is 0.435. The Bertz CT molecular complexity index is 1070. The molecule has 1 fully saturated rings. The minimum atomic E-state index is 0.163. The number of likely N-dealkylation sites (N-methyl/N-ethyl adjacent to an activating group) is 1. The zero-order valence-electron chi connectivity index (χ0n) is 18.5. The third kappa shape index (κ3) is 4.57. The number of hydrogen-bond donors (Lipinski definition) is 0. The van der Waals surface area contributed by atoms with Crippen molar-refractivity contribution >= 4 is 28.5 Å². The summed E-state index contributed by atoms with van der Waals surface area (Å²) in [5.74, 6) is 2.30. The van der Waals surface area contributed by atoms with Crippen LogP contribution in [0, 0.1) is 13.8 Å². The van der Waals surface area contributed by atoms with Crippen molar-refractivity contribution in [2.45, 2.75) is 52.5 Å². The monoisotopic (exact) mass is 439 g/mol. The van der Waals surface area contributed by atoms with E-state index in [0.29, 0.717) is 13.0 Å². The van der Waals surface area contributed by atoms with Crippen LogP contribution in [0.15, 0.2) is 36.4 Å². The first-order valence-corrected chi connectivity index (χ1v) is 11.5. The maximum Gasteiger partial charge on any atom is 0.223 e. The summed E-state index contributed by atoms with van der Waals surface area (Å²) in [6.45, 7) is 9.09. The average Bonchev–Trinajstić information content (AvgIpc) is 3.31. The second-order valence-electron chi connectivity index (χ2n) is 8.37. The van der Waals surface area contributed by atoms with Crippen molar-refractivity contribution in [1.29, 1.82) is 0 Å². The van der Waals surface area contributed by atoms with Gasteiger partial charge in [0.2, 0.25) is 5.91 Å². The summed E-state index contributed by atoms with van der Waals surface area (Å²) in [7, 11) is 0. The first kappa shape index (κ1) is 21.7. The average molecular weight is 440 g/mol. The van der Waals surface area contributed by atoms with Crippen LogP contribution in [-0.2, 0) is 11.3 Å². The third-order valence-electron chi connectivity index (χ3n) is 6.10. The van der Waals surface area contributed by atoms with E-state index in [9.17, 15) is 4.79 Å². The maximum absolute atomic E-state index is 12.3. The van der Waals surface area contributed by atoms with Gasteiger partial charge in [0, 0.05) is 37.0 Å². The number of likely N-dealkylation sites (tertiary alicyclic amines) is 1. The number of ether oxygens (including phenoxy) is 1. The Morgan fingerprint density at radius 3 is 2.61 bits per heavy atom. The summed E-state index contributed by atoms with van der Waals surface area (Å²) < 4.78 is 8.28. The van der Waals surface area contributed by atoms with Gasteiger partial charge < -0.3 is 14.2 Å². The molecule has 1 amide bonds. The fourth-order valence-corrected chi connectivity index (χ4v) is 4.55. The molecule has 5 nitrogen and oxygen atoms in total. The number of fused-ring (bicyclic) bond motifs is 1. The van der Waals surface area contributed by atoms with E-state index in [1.165, 1.54) is 0 Å². The first-order chi connectivity index (χ1) is 15.0. The van der Waals surface area contributed by atoms with Crippen LogP contribution >= 0.6 is 11.6 Å². The van der Waals surface area contributed by atoms with E-state index >= 15 is 0 Å². The molecule has 0 bridgehead atoms. The summed E-state index contributed by atoms with van der Waals surface area (Å²) >= 11 is 6.25. The maximum atomic E-state index is 12.3. The minimum absolute atomic E-state index is 0.163.